The SMILES string of the molecule is OCCOCCOCCOCCOCCOCCOCCOCCOCCOc1cccnc1. The van der Waals surface area contributed by atoms with Crippen LogP contribution in [0.1, 0.15) is 0 Å². The van der Waals surface area contributed by atoms with Gasteiger partial charge < -0.3 is 47.7 Å². The fourth-order valence-electron chi connectivity index (χ4n) is 2.36. The van der Waals surface area contributed by atoms with E-state index < -0.39 is 0 Å². The van der Waals surface area contributed by atoms with Crippen LogP contribution in [-0.2, 0) is 37.9 Å². The molecule has 1 aromatic heterocycles. The number of aliphatic hydroxyl groups excluding tert-OH is 1. The summed E-state index contributed by atoms with van der Waals surface area (Å²) in [5, 5.41) is 8.55. The Bertz CT molecular complexity index is 512. The van der Waals surface area contributed by atoms with E-state index >= 15 is 0 Å². The maximum atomic E-state index is 8.55. The summed E-state index contributed by atoms with van der Waals surface area (Å²) in [7, 11) is 0. The maximum absolute atomic E-state index is 8.55. The molecule has 0 atom stereocenters. The zero-order chi connectivity index (χ0) is 24.2. The van der Waals surface area contributed by atoms with Gasteiger partial charge in [-0.05, 0) is 12.1 Å². The molecule has 1 rings (SSSR count). The highest BCUT2D eigenvalue weighted by molar-refractivity contribution is 5.15. The number of hydrogen-bond donors (Lipinski definition) is 1. The normalized spacial score (nSPS) is 11.2. The van der Waals surface area contributed by atoms with Crippen LogP contribution >= 0.6 is 0 Å². The van der Waals surface area contributed by atoms with Crippen molar-refractivity contribution in [1.29, 1.82) is 0 Å². The van der Waals surface area contributed by atoms with E-state index in [2.05, 4.69) is 4.98 Å². The third-order valence-corrected chi connectivity index (χ3v) is 3.97. The molecule has 0 aliphatic rings. The largest absolute Gasteiger partial charge is 0.490 e. The first-order chi connectivity index (χ1) is 16.9. The van der Waals surface area contributed by atoms with Gasteiger partial charge in [0.1, 0.15) is 12.4 Å². The van der Waals surface area contributed by atoms with Gasteiger partial charge in [0, 0.05) is 6.20 Å². The molecule has 1 N–H and O–H groups in total. The quantitative estimate of drug-likeness (QED) is 0.174. The number of pyridine rings is 1. The Kier molecular flexibility index (Phi) is 23.6. The summed E-state index contributed by atoms with van der Waals surface area (Å²) in [6, 6.07) is 3.68. The molecule has 0 saturated carbocycles. The molecule has 0 spiro atoms. The van der Waals surface area contributed by atoms with E-state index in [9.17, 15) is 0 Å². The Balaban J connectivity index is 1.64. The van der Waals surface area contributed by atoms with Crippen LogP contribution in [0.5, 0.6) is 5.75 Å². The van der Waals surface area contributed by atoms with Gasteiger partial charge in [0.25, 0.3) is 0 Å². The van der Waals surface area contributed by atoms with E-state index in [4.69, 9.17) is 47.7 Å². The molecule has 1 heterocycles. The molecule has 0 radical (unpaired) electrons. The fraction of sp³-hybridized carbons (Fsp3) is 0.783. The second-order valence-corrected chi connectivity index (χ2v) is 6.66. The summed E-state index contributed by atoms with van der Waals surface area (Å²) in [5.74, 6) is 0.734. The summed E-state index contributed by atoms with van der Waals surface area (Å²) in [6.07, 6.45) is 3.37. The number of ether oxygens (including phenoxy) is 9. The highest BCUT2D eigenvalue weighted by Gasteiger charge is 1.96. The minimum absolute atomic E-state index is 0.0287. The van der Waals surface area contributed by atoms with Gasteiger partial charge in [-0.1, -0.05) is 0 Å². The van der Waals surface area contributed by atoms with Gasteiger partial charge in [0.15, 0.2) is 0 Å². The predicted molar refractivity (Wildman–Crippen MR) is 123 cm³/mol. The van der Waals surface area contributed by atoms with Crippen molar-refractivity contribution in [1.82, 2.24) is 4.98 Å². The fourth-order valence-corrected chi connectivity index (χ4v) is 2.36. The smallest absolute Gasteiger partial charge is 0.137 e. The van der Waals surface area contributed by atoms with E-state index in [-0.39, 0.29) is 6.61 Å². The molecule has 11 nitrogen and oxygen atoms in total. The minimum Gasteiger partial charge on any atom is -0.490 e. The molecule has 198 valence electrons. The molecule has 0 amide bonds. The highest BCUT2D eigenvalue weighted by Crippen LogP contribution is 2.05. The van der Waals surface area contributed by atoms with Crippen molar-refractivity contribution < 1.29 is 47.7 Å². The number of aliphatic hydroxyl groups is 1. The van der Waals surface area contributed by atoms with E-state index in [0.29, 0.717) is 112 Å². The maximum Gasteiger partial charge on any atom is 0.137 e. The minimum atomic E-state index is 0.0287. The van der Waals surface area contributed by atoms with E-state index in [1.165, 1.54) is 0 Å². The Morgan fingerprint density at radius 1 is 0.500 bits per heavy atom. The molecule has 0 bridgehead atoms. The molecule has 1 aromatic rings. The van der Waals surface area contributed by atoms with Crippen molar-refractivity contribution in [3.63, 3.8) is 0 Å². The average Bonchev–Trinajstić information content (AvgIpc) is 2.87. The van der Waals surface area contributed by atoms with Crippen molar-refractivity contribution in [3.8, 4) is 5.75 Å². The molecule has 0 aliphatic carbocycles. The summed E-state index contributed by atoms with van der Waals surface area (Å²) in [4.78, 5) is 3.97. The molecule has 0 saturated heterocycles. The second-order valence-electron chi connectivity index (χ2n) is 6.66. The van der Waals surface area contributed by atoms with Gasteiger partial charge in [-0.2, -0.15) is 0 Å². The summed E-state index contributed by atoms with van der Waals surface area (Å²) >= 11 is 0. The summed E-state index contributed by atoms with van der Waals surface area (Å²) < 4.78 is 48.4. The molecular formula is C23H41NO10. The Morgan fingerprint density at radius 3 is 1.18 bits per heavy atom. The number of nitrogens with zero attached hydrogens (tertiary/aromatic N) is 1. The Labute approximate surface area is 202 Å². The average molecular weight is 492 g/mol. The zero-order valence-electron chi connectivity index (χ0n) is 20.1. The standard InChI is InChI=1S/C23H41NO10/c25-4-5-26-6-7-27-8-9-28-10-11-29-12-13-30-14-15-31-16-17-32-18-19-33-20-21-34-23-2-1-3-24-22-23/h1-3,22,25H,4-21H2. The van der Waals surface area contributed by atoms with Crippen molar-refractivity contribution >= 4 is 0 Å². The van der Waals surface area contributed by atoms with Gasteiger partial charge in [0.2, 0.25) is 0 Å². The van der Waals surface area contributed by atoms with Gasteiger partial charge in [-0.3, -0.25) is 4.98 Å². The van der Waals surface area contributed by atoms with Crippen molar-refractivity contribution in [2.75, 3.05) is 119 Å². The van der Waals surface area contributed by atoms with Gasteiger partial charge in [-0.15, -0.1) is 0 Å². The van der Waals surface area contributed by atoms with Crippen LogP contribution in [0.2, 0.25) is 0 Å². The predicted octanol–water partition coefficient (Wildman–Crippen LogP) is 0.586. The molecule has 0 aliphatic heterocycles. The first-order valence-electron chi connectivity index (χ1n) is 11.7. The molecular weight excluding hydrogens is 450 g/mol. The van der Waals surface area contributed by atoms with Crippen LogP contribution in [-0.4, -0.2) is 129 Å². The Hall–Kier alpha value is -1.41. The van der Waals surface area contributed by atoms with Crippen LogP contribution in [0.25, 0.3) is 0 Å². The molecule has 11 heteroatoms. The zero-order valence-corrected chi connectivity index (χ0v) is 20.1. The second kappa shape index (κ2) is 26.2. The molecule has 0 fully saturated rings. The van der Waals surface area contributed by atoms with Gasteiger partial charge in [0.05, 0.1) is 119 Å². The lowest BCUT2D eigenvalue weighted by molar-refractivity contribution is -0.0242. The lowest BCUT2D eigenvalue weighted by Crippen LogP contribution is -2.15. The lowest BCUT2D eigenvalue weighted by atomic mass is 10.5. The van der Waals surface area contributed by atoms with Gasteiger partial charge >= 0.3 is 0 Å². The number of aromatic nitrogens is 1. The highest BCUT2D eigenvalue weighted by atomic mass is 16.6. The first kappa shape index (κ1) is 30.6. The summed E-state index contributed by atoms with van der Waals surface area (Å²) in [6.45, 7) is 8.47. The summed E-state index contributed by atoms with van der Waals surface area (Å²) in [5.41, 5.74) is 0. The van der Waals surface area contributed by atoms with E-state index in [1.54, 1.807) is 12.4 Å². The molecule has 0 unspecified atom stereocenters. The third-order valence-electron chi connectivity index (χ3n) is 3.97. The van der Waals surface area contributed by atoms with Crippen molar-refractivity contribution in [2.45, 2.75) is 0 Å². The van der Waals surface area contributed by atoms with Crippen LogP contribution in [0.3, 0.4) is 0 Å². The van der Waals surface area contributed by atoms with Crippen LogP contribution in [0, 0.1) is 0 Å². The molecule has 34 heavy (non-hydrogen) atoms. The topological polar surface area (TPSA) is 116 Å². The van der Waals surface area contributed by atoms with Crippen LogP contribution in [0.4, 0.5) is 0 Å². The molecule has 0 aromatic carbocycles. The van der Waals surface area contributed by atoms with Gasteiger partial charge in [-0.25, -0.2) is 0 Å². The monoisotopic (exact) mass is 491 g/mol. The van der Waals surface area contributed by atoms with Crippen LogP contribution in [0.15, 0.2) is 24.5 Å². The Morgan fingerprint density at radius 2 is 0.853 bits per heavy atom. The number of hydrogen-bond acceptors (Lipinski definition) is 11. The van der Waals surface area contributed by atoms with E-state index in [0.717, 1.165) is 5.75 Å². The van der Waals surface area contributed by atoms with Crippen molar-refractivity contribution in [3.05, 3.63) is 24.5 Å². The third kappa shape index (κ3) is 22.4. The lowest BCUT2D eigenvalue weighted by Gasteiger charge is -2.09. The first-order valence-corrected chi connectivity index (χ1v) is 11.7. The number of rotatable bonds is 27. The van der Waals surface area contributed by atoms with E-state index in [1.807, 2.05) is 12.1 Å². The van der Waals surface area contributed by atoms with Crippen molar-refractivity contribution in [2.24, 2.45) is 0 Å². The van der Waals surface area contributed by atoms with Crippen LogP contribution < -0.4 is 4.74 Å².